The Morgan fingerprint density at radius 3 is 3.05 bits per heavy atom. The lowest BCUT2D eigenvalue weighted by atomic mass is 10.1. The highest BCUT2D eigenvalue weighted by atomic mass is 16.5. The number of carbonyl (C=O) groups excluding carboxylic acids is 1. The molecule has 1 saturated heterocycles. The van der Waals surface area contributed by atoms with Gasteiger partial charge in [-0.15, -0.1) is 0 Å². The van der Waals surface area contributed by atoms with E-state index in [1.165, 1.54) is 0 Å². The number of amides is 1. The van der Waals surface area contributed by atoms with Gasteiger partial charge in [-0.25, -0.2) is 0 Å². The number of methoxy groups -OCH3 is 1. The first-order valence-corrected chi connectivity index (χ1v) is 7.51. The standard InChI is InChI=1S/C16H24N2O3/c1-21-11-5-9-17-15-8-3-2-7-14(15)16(20)18-10-4-6-13(18)12-19/h2-3,7-8,13,17,19H,4-6,9-12H2,1H3/t13-/m1/s1. The maximum atomic E-state index is 12.7. The van der Waals surface area contributed by atoms with Crippen molar-refractivity contribution >= 4 is 11.6 Å². The molecule has 1 heterocycles. The molecular formula is C16H24N2O3. The highest BCUT2D eigenvalue weighted by Crippen LogP contribution is 2.23. The van der Waals surface area contributed by atoms with Gasteiger partial charge in [-0.05, 0) is 31.4 Å². The Labute approximate surface area is 125 Å². The third-order valence-corrected chi connectivity index (χ3v) is 3.85. The number of anilines is 1. The first-order valence-electron chi connectivity index (χ1n) is 7.51. The lowest BCUT2D eigenvalue weighted by Crippen LogP contribution is -2.37. The van der Waals surface area contributed by atoms with Crippen LogP contribution in [0.1, 0.15) is 29.6 Å². The predicted octanol–water partition coefficient (Wildman–Crippen LogP) is 1.73. The Bertz CT molecular complexity index is 465. The predicted molar refractivity (Wildman–Crippen MR) is 82.6 cm³/mol. The van der Waals surface area contributed by atoms with Gasteiger partial charge in [0.05, 0.1) is 18.2 Å². The molecule has 5 heteroatoms. The van der Waals surface area contributed by atoms with E-state index in [1.807, 2.05) is 24.3 Å². The average Bonchev–Trinajstić information content (AvgIpc) is 3.00. The number of hydrogen-bond acceptors (Lipinski definition) is 4. The molecule has 0 aromatic heterocycles. The van der Waals surface area contributed by atoms with Gasteiger partial charge in [-0.3, -0.25) is 4.79 Å². The van der Waals surface area contributed by atoms with Gasteiger partial charge in [0, 0.05) is 32.5 Å². The van der Waals surface area contributed by atoms with Gasteiger partial charge in [0.15, 0.2) is 0 Å². The second-order valence-electron chi connectivity index (χ2n) is 5.30. The Kier molecular flexibility index (Phi) is 6.02. The summed E-state index contributed by atoms with van der Waals surface area (Å²) in [6.07, 6.45) is 2.73. The van der Waals surface area contributed by atoms with Crippen molar-refractivity contribution in [1.82, 2.24) is 4.90 Å². The fourth-order valence-corrected chi connectivity index (χ4v) is 2.71. The normalized spacial score (nSPS) is 18.0. The monoisotopic (exact) mass is 292 g/mol. The van der Waals surface area contributed by atoms with Crippen LogP contribution >= 0.6 is 0 Å². The Balaban J connectivity index is 2.06. The van der Waals surface area contributed by atoms with E-state index in [0.29, 0.717) is 12.2 Å². The van der Waals surface area contributed by atoms with Gasteiger partial charge in [0.2, 0.25) is 0 Å². The minimum atomic E-state index is -0.0425. The highest BCUT2D eigenvalue weighted by molar-refractivity contribution is 5.99. The summed E-state index contributed by atoms with van der Waals surface area (Å²) in [6.45, 7) is 2.22. The molecule has 0 saturated carbocycles. The zero-order chi connectivity index (χ0) is 15.1. The molecule has 5 nitrogen and oxygen atoms in total. The summed E-state index contributed by atoms with van der Waals surface area (Å²) in [4.78, 5) is 14.5. The third-order valence-electron chi connectivity index (χ3n) is 3.85. The SMILES string of the molecule is COCCCNc1ccccc1C(=O)N1CCC[C@@H]1CO. The van der Waals surface area contributed by atoms with E-state index in [1.54, 1.807) is 12.0 Å². The van der Waals surface area contributed by atoms with E-state index >= 15 is 0 Å². The minimum Gasteiger partial charge on any atom is -0.394 e. The van der Waals surface area contributed by atoms with Crippen molar-refractivity contribution in [3.8, 4) is 0 Å². The van der Waals surface area contributed by atoms with E-state index in [9.17, 15) is 9.90 Å². The smallest absolute Gasteiger partial charge is 0.256 e. The molecule has 1 atom stereocenters. The van der Waals surface area contributed by atoms with Gasteiger partial charge >= 0.3 is 0 Å². The van der Waals surface area contributed by atoms with E-state index in [-0.39, 0.29) is 18.6 Å². The molecule has 1 aromatic rings. The second-order valence-corrected chi connectivity index (χ2v) is 5.30. The van der Waals surface area contributed by atoms with Crippen LogP contribution in [0.3, 0.4) is 0 Å². The van der Waals surface area contributed by atoms with Crippen molar-refractivity contribution < 1.29 is 14.6 Å². The fourth-order valence-electron chi connectivity index (χ4n) is 2.71. The summed E-state index contributed by atoms with van der Waals surface area (Å²) in [7, 11) is 1.68. The topological polar surface area (TPSA) is 61.8 Å². The zero-order valence-corrected chi connectivity index (χ0v) is 12.5. The number of likely N-dealkylation sites (tertiary alicyclic amines) is 1. The summed E-state index contributed by atoms with van der Waals surface area (Å²) < 4.78 is 5.02. The fraction of sp³-hybridized carbons (Fsp3) is 0.562. The largest absolute Gasteiger partial charge is 0.394 e. The maximum Gasteiger partial charge on any atom is 0.256 e. The molecule has 1 fully saturated rings. The quantitative estimate of drug-likeness (QED) is 0.751. The van der Waals surface area contributed by atoms with Gasteiger partial charge in [-0.2, -0.15) is 0 Å². The van der Waals surface area contributed by atoms with Crippen molar-refractivity contribution in [2.45, 2.75) is 25.3 Å². The van der Waals surface area contributed by atoms with Crippen LogP contribution in [0, 0.1) is 0 Å². The molecule has 0 radical (unpaired) electrons. The Hall–Kier alpha value is -1.59. The van der Waals surface area contributed by atoms with E-state index in [4.69, 9.17) is 4.74 Å². The van der Waals surface area contributed by atoms with Crippen molar-refractivity contribution in [2.75, 3.05) is 38.7 Å². The number of rotatable bonds is 7. The molecule has 2 N–H and O–H groups in total. The van der Waals surface area contributed by atoms with Gasteiger partial charge in [0.25, 0.3) is 5.91 Å². The van der Waals surface area contributed by atoms with Crippen molar-refractivity contribution in [3.05, 3.63) is 29.8 Å². The molecule has 0 aliphatic carbocycles. The van der Waals surface area contributed by atoms with Crippen LogP contribution in [-0.2, 0) is 4.74 Å². The molecule has 1 aromatic carbocycles. The number of para-hydroxylation sites is 1. The van der Waals surface area contributed by atoms with Crippen LogP contribution in [0.4, 0.5) is 5.69 Å². The van der Waals surface area contributed by atoms with Crippen molar-refractivity contribution in [1.29, 1.82) is 0 Å². The number of hydrogen-bond donors (Lipinski definition) is 2. The van der Waals surface area contributed by atoms with Crippen molar-refractivity contribution in [3.63, 3.8) is 0 Å². The lowest BCUT2D eigenvalue weighted by molar-refractivity contribution is 0.0678. The number of nitrogens with one attached hydrogen (secondary N) is 1. The molecule has 116 valence electrons. The third kappa shape index (κ3) is 3.95. The molecule has 2 rings (SSSR count). The first kappa shape index (κ1) is 15.8. The van der Waals surface area contributed by atoms with Crippen LogP contribution < -0.4 is 5.32 Å². The molecule has 0 bridgehead atoms. The summed E-state index contributed by atoms with van der Waals surface area (Å²) in [5, 5.41) is 12.7. The average molecular weight is 292 g/mol. The molecule has 0 spiro atoms. The minimum absolute atomic E-state index is 0.00129. The zero-order valence-electron chi connectivity index (χ0n) is 12.5. The van der Waals surface area contributed by atoms with E-state index in [2.05, 4.69) is 5.32 Å². The van der Waals surface area contributed by atoms with Crippen molar-refractivity contribution in [2.24, 2.45) is 0 Å². The number of carbonyl (C=O) groups is 1. The molecule has 21 heavy (non-hydrogen) atoms. The van der Waals surface area contributed by atoms with E-state index in [0.717, 1.165) is 38.0 Å². The number of aliphatic hydroxyl groups excluding tert-OH is 1. The molecule has 1 aliphatic rings. The van der Waals surface area contributed by atoms with Crippen LogP contribution in [0.25, 0.3) is 0 Å². The molecule has 1 aliphatic heterocycles. The summed E-state index contributed by atoms with van der Waals surface area (Å²) in [5.41, 5.74) is 1.53. The maximum absolute atomic E-state index is 12.7. The molecule has 1 amide bonds. The second kappa shape index (κ2) is 8.00. The van der Waals surface area contributed by atoms with Crippen LogP contribution in [0.15, 0.2) is 24.3 Å². The summed E-state index contributed by atoms with van der Waals surface area (Å²) in [5.74, 6) is 0.00129. The Morgan fingerprint density at radius 1 is 1.48 bits per heavy atom. The van der Waals surface area contributed by atoms with Crippen LogP contribution in [0.2, 0.25) is 0 Å². The van der Waals surface area contributed by atoms with Gasteiger partial charge < -0.3 is 20.1 Å². The number of nitrogens with zero attached hydrogens (tertiary/aromatic N) is 1. The lowest BCUT2D eigenvalue weighted by Gasteiger charge is -2.24. The summed E-state index contributed by atoms with van der Waals surface area (Å²) >= 11 is 0. The highest BCUT2D eigenvalue weighted by Gasteiger charge is 2.29. The first-order chi connectivity index (χ1) is 10.3. The van der Waals surface area contributed by atoms with E-state index < -0.39 is 0 Å². The van der Waals surface area contributed by atoms with Gasteiger partial charge in [0.1, 0.15) is 0 Å². The van der Waals surface area contributed by atoms with Crippen LogP contribution in [0.5, 0.6) is 0 Å². The van der Waals surface area contributed by atoms with Crippen LogP contribution in [-0.4, -0.2) is 55.4 Å². The summed E-state index contributed by atoms with van der Waals surface area (Å²) in [6, 6.07) is 7.51. The number of benzene rings is 1. The number of ether oxygens (including phenoxy) is 1. The molecule has 0 unspecified atom stereocenters. The molecular weight excluding hydrogens is 268 g/mol. The van der Waals surface area contributed by atoms with Gasteiger partial charge in [-0.1, -0.05) is 12.1 Å². The number of aliphatic hydroxyl groups is 1. The Morgan fingerprint density at radius 2 is 2.29 bits per heavy atom.